The van der Waals surface area contributed by atoms with Gasteiger partial charge in [-0.2, -0.15) is 18.3 Å². The van der Waals surface area contributed by atoms with E-state index in [1.165, 1.54) is 18.3 Å². The number of hydrogen-bond donors (Lipinski definition) is 1. The van der Waals surface area contributed by atoms with E-state index >= 15 is 0 Å². The maximum atomic E-state index is 13.0. The summed E-state index contributed by atoms with van der Waals surface area (Å²) in [4.78, 5) is 13.0. The molecule has 1 aliphatic carbocycles. The van der Waals surface area contributed by atoms with Gasteiger partial charge in [0.05, 0.1) is 17.7 Å². The first-order valence-electron chi connectivity index (χ1n) is 11.1. The van der Waals surface area contributed by atoms with Gasteiger partial charge in [0.1, 0.15) is 11.5 Å². The van der Waals surface area contributed by atoms with Crippen molar-refractivity contribution in [3.63, 3.8) is 0 Å². The molecule has 35 heavy (non-hydrogen) atoms. The van der Waals surface area contributed by atoms with Crippen LogP contribution in [0.1, 0.15) is 28.9 Å². The summed E-state index contributed by atoms with van der Waals surface area (Å²) in [6.45, 7) is 0. The van der Waals surface area contributed by atoms with Gasteiger partial charge in [-0.25, -0.2) is 5.43 Å². The van der Waals surface area contributed by atoms with E-state index in [2.05, 4.69) is 10.5 Å². The second kappa shape index (κ2) is 8.91. The molecule has 176 valence electrons. The van der Waals surface area contributed by atoms with Crippen molar-refractivity contribution in [2.24, 2.45) is 11.0 Å². The molecule has 0 radical (unpaired) electrons. The van der Waals surface area contributed by atoms with Gasteiger partial charge in [-0.3, -0.25) is 4.79 Å². The van der Waals surface area contributed by atoms with Crippen LogP contribution in [-0.2, 0) is 16.4 Å². The number of furan rings is 1. The van der Waals surface area contributed by atoms with Crippen molar-refractivity contribution in [1.82, 2.24) is 5.43 Å². The zero-order valence-electron chi connectivity index (χ0n) is 18.5. The normalized spacial score (nSPS) is 16.8. The highest BCUT2D eigenvalue weighted by Crippen LogP contribution is 2.58. The largest absolute Gasteiger partial charge is 0.455 e. The Hall–Kier alpha value is -4.13. The summed E-state index contributed by atoms with van der Waals surface area (Å²) in [7, 11) is 0. The number of nitrogens with zero attached hydrogens (tertiary/aromatic N) is 1. The highest BCUT2D eigenvalue weighted by Gasteiger charge is 2.60. The van der Waals surface area contributed by atoms with Crippen LogP contribution in [0, 0.1) is 5.92 Å². The number of hydrogen-bond acceptors (Lipinski definition) is 3. The Morgan fingerprint density at radius 2 is 1.57 bits per heavy atom. The summed E-state index contributed by atoms with van der Waals surface area (Å²) in [5.41, 5.74) is 3.89. The fourth-order valence-corrected chi connectivity index (χ4v) is 4.52. The SMILES string of the molecule is O=C(NN=Cc1ccc(-c2cccc(C(F)(F)F)c2)o1)C1CC1(c1ccccc1)c1ccccc1. The first kappa shape index (κ1) is 22.7. The monoisotopic (exact) mass is 474 g/mol. The van der Waals surface area contributed by atoms with Crippen LogP contribution in [0.5, 0.6) is 0 Å². The molecule has 0 aliphatic heterocycles. The Bertz CT molecular complexity index is 1320. The van der Waals surface area contributed by atoms with Crippen molar-refractivity contribution in [3.05, 3.63) is 120 Å². The van der Waals surface area contributed by atoms with Gasteiger partial charge in [-0.15, -0.1) is 0 Å². The van der Waals surface area contributed by atoms with Crippen molar-refractivity contribution < 1.29 is 22.4 Å². The Balaban J connectivity index is 1.29. The number of amides is 1. The van der Waals surface area contributed by atoms with Gasteiger partial charge in [0.15, 0.2) is 0 Å². The number of rotatable bonds is 6. The molecule has 1 aromatic heterocycles. The van der Waals surface area contributed by atoms with E-state index in [9.17, 15) is 18.0 Å². The smallest absolute Gasteiger partial charge is 0.416 e. The number of halogens is 3. The van der Waals surface area contributed by atoms with Crippen molar-refractivity contribution in [2.45, 2.75) is 18.0 Å². The van der Waals surface area contributed by atoms with Crippen molar-refractivity contribution >= 4 is 12.1 Å². The molecule has 1 unspecified atom stereocenters. The maximum absolute atomic E-state index is 13.0. The molecule has 4 nitrogen and oxygen atoms in total. The Kier molecular flexibility index (Phi) is 5.76. The fourth-order valence-electron chi connectivity index (χ4n) is 4.52. The van der Waals surface area contributed by atoms with E-state index in [4.69, 9.17) is 4.42 Å². The van der Waals surface area contributed by atoms with Crippen LogP contribution in [0.2, 0.25) is 0 Å². The third-order valence-corrected chi connectivity index (χ3v) is 6.32. The van der Waals surface area contributed by atoms with Crippen LogP contribution in [0.15, 0.2) is 107 Å². The number of nitrogens with one attached hydrogen (secondary N) is 1. The molecule has 1 aliphatic rings. The molecule has 5 rings (SSSR count). The lowest BCUT2D eigenvalue weighted by molar-refractivity contribution is -0.137. The van der Waals surface area contributed by atoms with E-state index in [0.29, 0.717) is 17.7 Å². The van der Waals surface area contributed by atoms with Crippen molar-refractivity contribution in [1.29, 1.82) is 0 Å². The lowest BCUT2D eigenvalue weighted by Gasteiger charge is -2.18. The minimum Gasteiger partial charge on any atom is -0.455 e. The molecule has 7 heteroatoms. The summed E-state index contributed by atoms with van der Waals surface area (Å²) >= 11 is 0. The first-order valence-corrected chi connectivity index (χ1v) is 11.1. The molecule has 1 amide bonds. The zero-order valence-corrected chi connectivity index (χ0v) is 18.5. The molecule has 1 N–H and O–H groups in total. The van der Waals surface area contributed by atoms with Gasteiger partial charge in [-0.1, -0.05) is 72.8 Å². The molecule has 0 bridgehead atoms. The van der Waals surface area contributed by atoms with E-state index in [1.807, 2.05) is 60.7 Å². The van der Waals surface area contributed by atoms with Crippen LogP contribution >= 0.6 is 0 Å². The first-order chi connectivity index (χ1) is 16.9. The predicted molar refractivity (Wildman–Crippen MR) is 127 cm³/mol. The van der Waals surface area contributed by atoms with Gasteiger partial charge >= 0.3 is 6.18 Å². The molecule has 3 aromatic carbocycles. The summed E-state index contributed by atoms with van der Waals surface area (Å²) in [5.74, 6) is 0.101. The van der Waals surface area contributed by atoms with Gasteiger partial charge in [0.2, 0.25) is 5.91 Å². The van der Waals surface area contributed by atoms with Crippen LogP contribution < -0.4 is 5.43 Å². The molecule has 0 spiro atoms. The maximum Gasteiger partial charge on any atom is 0.416 e. The number of carbonyl (C=O) groups excluding carboxylic acids is 1. The Morgan fingerprint density at radius 3 is 2.20 bits per heavy atom. The molecule has 1 fully saturated rings. The van der Waals surface area contributed by atoms with Crippen LogP contribution in [0.3, 0.4) is 0 Å². The molecule has 1 saturated carbocycles. The van der Waals surface area contributed by atoms with Crippen molar-refractivity contribution in [2.75, 3.05) is 0 Å². The Labute approximate surface area is 200 Å². The van der Waals surface area contributed by atoms with E-state index < -0.39 is 17.2 Å². The van der Waals surface area contributed by atoms with E-state index in [0.717, 1.165) is 23.3 Å². The number of alkyl halides is 3. The number of benzene rings is 3. The quantitative estimate of drug-likeness (QED) is 0.259. The highest BCUT2D eigenvalue weighted by atomic mass is 19.4. The predicted octanol–water partition coefficient (Wildman–Crippen LogP) is 6.42. The standard InChI is InChI=1S/C28H21F3N2O2/c29-28(30,31)22-13-7-8-19(16-22)25-15-14-23(35-25)18-32-33-26(34)24-17-27(24,20-9-3-1-4-10-20)21-11-5-2-6-12-21/h1-16,18,24H,17H2,(H,33,34). The summed E-state index contributed by atoms with van der Waals surface area (Å²) in [6.07, 6.45) is -2.43. The lowest BCUT2D eigenvalue weighted by atomic mass is 9.85. The molecule has 1 heterocycles. The third kappa shape index (κ3) is 4.49. The summed E-state index contributed by atoms with van der Waals surface area (Å²) < 4.78 is 44.5. The minimum atomic E-state index is -4.44. The van der Waals surface area contributed by atoms with Crippen LogP contribution in [0.25, 0.3) is 11.3 Å². The summed E-state index contributed by atoms with van der Waals surface area (Å²) in [5, 5.41) is 4.02. The van der Waals surface area contributed by atoms with Crippen LogP contribution in [0.4, 0.5) is 13.2 Å². The minimum absolute atomic E-state index is 0.210. The zero-order chi connectivity index (χ0) is 24.5. The lowest BCUT2D eigenvalue weighted by Crippen LogP contribution is -2.25. The third-order valence-electron chi connectivity index (χ3n) is 6.32. The number of carbonyl (C=O) groups is 1. The topological polar surface area (TPSA) is 54.6 Å². The fraction of sp³-hybridized carbons (Fsp3) is 0.143. The molecule has 4 aromatic rings. The molecule has 1 atom stereocenters. The summed E-state index contributed by atoms with van der Waals surface area (Å²) in [6, 6.07) is 27.9. The average Bonchev–Trinajstić information content (AvgIpc) is 3.47. The van der Waals surface area contributed by atoms with Crippen molar-refractivity contribution in [3.8, 4) is 11.3 Å². The molecular formula is C28H21F3N2O2. The van der Waals surface area contributed by atoms with Crippen LogP contribution in [-0.4, -0.2) is 12.1 Å². The van der Waals surface area contributed by atoms with E-state index in [1.54, 1.807) is 12.1 Å². The average molecular weight is 474 g/mol. The molecular weight excluding hydrogens is 453 g/mol. The number of hydrazone groups is 1. The highest BCUT2D eigenvalue weighted by molar-refractivity contribution is 5.87. The second-order valence-electron chi connectivity index (χ2n) is 8.47. The van der Waals surface area contributed by atoms with Gasteiger partial charge in [0.25, 0.3) is 0 Å². The van der Waals surface area contributed by atoms with Gasteiger partial charge in [0, 0.05) is 11.0 Å². The molecule has 0 saturated heterocycles. The second-order valence-corrected chi connectivity index (χ2v) is 8.47. The van der Waals surface area contributed by atoms with E-state index in [-0.39, 0.29) is 17.6 Å². The van der Waals surface area contributed by atoms with Gasteiger partial charge in [-0.05, 0) is 41.8 Å². The Morgan fingerprint density at radius 1 is 0.914 bits per heavy atom. The van der Waals surface area contributed by atoms with Gasteiger partial charge < -0.3 is 4.42 Å².